The molecule has 1 N–H and O–H groups in total. The predicted octanol–water partition coefficient (Wildman–Crippen LogP) is 6.20. The zero-order valence-electron chi connectivity index (χ0n) is 21.2. The third kappa shape index (κ3) is 8.52. The Morgan fingerprint density at radius 1 is 0.889 bits per heavy atom. The second-order valence-corrected chi connectivity index (χ2v) is 11.0. The summed E-state index contributed by atoms with van der Waals surface area (Å²) in [5, 5.41) is 10.2. The lowest BCUT2D eigenvalue weighted by Crippen LogP contribution is -2.19. The average Bonchev–Trinajstić information content (AvgIpc) is 2.85. The van der Waals surface area contributed by atoms with Crippen LogP contribution in [0.1, 0.15) is 69.9 Å². The number of hydrogen-bond donors (Lipinski definition) is 1. The van der Waals surface area contributed by atoms with Crippen LogP contribution in [0.2, 0.25) is 0 Å². The van der Waals surface area contributed by atoms with E-state index in [0.29, 0.717) is 17.6 Å². The van der Waals surface area contributed by atoms with Gasteiger partial charge in [0.05, 0.1) is 17.4 Å². The molecule has 0 amide bonds. The van der Waals surface area contributed by atoms with Gasteiger partial charge in [0.2, 0.25) is 0 Å². The van der Waals surface area contributed by atoms with Gasteiger partial charge in [-0.05, 0) is 53.8 Å². The van der Waals surface area contributed by atoms with Crippen LogP contribution in [-0.4, -0.2) is 39.0 Å². The van der Waals surface area contributed by atoms with Gasteiger partial charge in [-0.15, -0.1) is 0 Å². The molecule has 5 nitrogen and oxygen atoms in total. The summed E-state index contributed by atoms with van der Waals surface area (Å²) in [7, 11) is -3.43. The van der Waals surface area contributed by atoms with E-state index in [2.05, 4.69) is 6.92 Å². The van der Waals surface area contributed by atoms with E-state index in [4.69, 9.17) is 4.74 Å². The first-order valence-electron chi connectivity index (χ1n) is 12.4. The summed E-state index contributed by atoms with van der Waals surface area (Å²) in [5.74, 6) is -2.69. The Balaban J connectivity index is 2.41. The first-order valence-corrected chi connectivity index (χ1v) is 14.3. The summed E-state index contributed by atoms with van der Waals surface area (Å²) in [5.41, 5.74) is 1.38. The van der Waals surface area contributed by atoms with Gasteiger partial charge in [-0.2, -0.15) is 0 Å². The van der Waals surface area contributed by atoms with E-state index in [-0.39, 0.29) is 34.5 Å². The Labute approximate surface area is 213 Å². The fourth-order valence-corrected chi connectivity index (χ4v) is 4.73. The first kappa shape index (κ1) is 29.6. The van der Waals surface area contributed by atoms with Gasteiger partial charge in [0, 0.05) is 11.8 Å². The van der Waals surface area contributed by atoms with E-state index in [1.165, 1.54) is 18.2 Å². The van der Waals surface area contributed by atoms with Crippen LogP contribution in [0.5, 0.6) is 0 Å². The van der Waals surface area contributed by atoms with Crippen molar-refractivity contribution in [2.24, 2.45) is 5.92 Å². The highest BCUT2D eigenvalue weighted by Gasteiger charge is 2.21. The molecule has 198 valence electrons. The molecule has 36 heavy (non-hydrogen) atoms. The summed E-state index contributed by atoms with van der Waals surface area (Å²) in [4.78, 5) is 13.1. The molecule has 0 aliphatic heterocycles. The smallest absolute Gasteiger partial charge is 0.309 e. The molecule has 0 saturated heterocycles. The van der Waals surface area contributed by atoms with Crippen molar-refractivity contribution in [3.05, 3.63) is 65.2 Å². The topological polar surface area (TPSA) is 80.7 Å². The maximum Gasteiger partial charge on any atom is 0.309 e. The minimum atomic E-state index is -3.43. The Kier molecular flexibility index (Phi) is 11.7. The molecule has 2 aromatic carbocycles. The average molecular weight is 523 g/mol. The Bertz CT molecular complexity index is 1140. The molecule has 2 rings (SSSR count). The number of aliphatic hydroxyl groups is 1. The zero-order chi connectivity index (χ0) is 26.7. The Morgan fingerprint density at radius 2 is 1.56 bits per heavy atom. The lowest BCUT2D eigenvalue weighted by Gasteiger charge is -2.19. The van der Waals surface area contributed by atoms with Crippen molar-refractivity contribution >= 4 is 27.0 Å². The van der Waals surface area contributed by atoms with Crippen molar-refractivity contribution in [2.45, 2.75) is 63.7 Å². The van der Waals surface area contributed by atoms with Gasteiger partial charge in [-0.3, -0.25) is 4.79 Å². The number of halogens is 2. The molecule has 0 aromatic heterocycles. The summed E-state index contributed by atoms with van der Waals surface area (Å²) in [6, 6.07) is 9.20. The minimum absolute atomic E-state index is 0.107. The van der Waals surface area contributed by atoms with Gasteiger partial charge in [-0.1, -0.05) is 64.2 Å². The molecule has 0 aliphatic carbocycles. The summed E-state index contributed by atoms with van der Waals surface area (Å²) < 4.78 is 56.9. The monoisotopic (exact) mass is 522 g/mol. The second-order valence-electron chi connectivity index (χ2n) is 8.98. The number of carbonyl (C=O) groups excluding carboxylic acids is 1. The van der Waals surface area contributed by atoms with Crippen LogP contribution in [0.3, 0.4) is 0 Å². The molecule has 0 fully saturated rings. The van der Waals surface area contributed by atoms with E-state index < -0.39 is 28.1 Å². The standard InChI is InChI=1S/C28H36F2O5S/c1-4-6-7-8-10-21(9-5-2)28(32)35-19-25(20-11-14-23(15-12-20)36(3,33)34)24(18-31)22-13-16-26(29)27(30)17-22/h11-17,21,31H,4-10,18-19H2,1-3H3/b25-24-/t21-/m1/s1. The van der Waals surface area contributed by atoms with E-state index in [9.17, 15) is 27.1 Å². The van der Waals surface area contributed by atoms with Gasteiger partial charge >= 0.3 is 5.97 Å². The number of sulfone groups is 1. The molecule has 8 heteroatoms. The highest BCUT2D eigenvalue weighted by atomic mass is 32.2. The van der Waals surface area contributed by atoms with Crippen molar-refractivity contribution in [1.82, 2.24) is 0 Å². The van der Waals surface area contributed by atoms with Crippen LogP contribution in [0.15, 0.2) is 47.4 Å². The number of ether oxygens (including phenoxy) is 1. The molecule has 1 atom stereocenters. The number of aliphatic hydroxyl groups excluding tert-OH is 1. The first-order chi connectivity index (χ1) is 17.1. The third-order valence-corrected chi connectivity index (χ3v) is 7.29. The van der Waals surface area contributed by atoms with Gasteiger partial charge < -0.3 is 9.84 Å². The van der Waals surface area contributed by atoms with E-state index in [0.717, 1.165) is 56.9 Å². The number of carbonyl (C=O) groups is 1. The highest BCUT2D eigenvalue weighted by molar-refractivity contribution is 7.90. The van der Waals surface area contributed by atoms with Crippen molar-refractivity contribution in [3.63, 3.8) is 0 Å². The summed E-state index contributed by atoms with van der Waals surface area (Å²) in [6.45, 7) is 3.40. The molecule has 2 aromatic rings. The van der Waals surface area contributed by atoms with Gasteiger partial charge in [0.25, 0.3) is 0 Å². The number of rotatable bonds is 14. The Morgan fingerprint density at radius 3 is 2.11 bits per heavy atom. The molecule has 0 heterocycles. The number of benzene rings is 2. The van der Waals surface area contributed by atoms with Gasteiger partial charge in [-0.25, -0.2) is 17.2 Å². The van der Waals surface area contributed by atoms with E-state index in [1.807, 2.05) is 6.92 Å². The number of unbranched alkanes of at least 4 members (excludes halogenated alkanes) is 3. The third-order valence-electron chi connectivity index (χ3n) is 6.16. The maximum absolute atomic E-state index is 14.0. The quantitative estimate of drug-likeness (QED) is 0.181. The van der Waals surface area contributed by atoms with E-state index >= 15 is 0 Å². The number of esters is 1. The molecule has 0 radical (unpaired) electrons. The predicted molar refractivity (Wildman–Crippen MR) is 138 cm³/mol. The summed E-state index contributed by atoms with van der Waals surface area (Å²) >= 11 is 0. The molecule has 0 bridgehead atoms. The van der Waals surface area contributed by atoms with E-state index in [1.54, 1.807) is 12.1 Å². The number of hydrogen-bond acceptors (Lipinski definition) is 5. The van der Waals surface area contributed by atoms with Gasteiger partial charge in [0.15, 0.2) is 21.5 Å². The Hall–Kier alpha value is -2.58. The van der Waals surface area contributed by atoms with Crippen molar-refractivity contribution in [1.29, 1.82) is 0 Å². The van der Waals surface area contributed by atoms with Crippen molar-refractivity contribution in [2.75, 3.05) is 19.5 Å². The van der Waals surface area contributed by atoms with Crippen molar-refractivity contribution < 1.29 is 31.8 Å². The van der Waals surface area contributed by atoms with Crippen LogP contribution in [-0.2, 0) is 19.4 Å². The largest absolute Gasteiger partial charge is 0.461 e. The zero-order valence-corrected chi connectivity index (χ0v) is 22.0. The fourth-order valence-electron chi connectivity index (χ4n) is 4.10. The highest BCUT2D eigenvalue weighted by Crippen LogP contribution is 2.29. The second kappa shape index (κ2) is 14.2. The lowest BCUT2D eigenvalue weighted by atomic mass is 9.94. The SMILES string of the molecule is CCCCCC[C@@H](CCC)C(=O)OC/C(=C(\CO)c1ccc(F)c(F)c1)c1ccc(S(C)(=O)=O)cc1. The molecular weight excluding hydrogens is 486 g/mol. The lowest BCUT2D eigenvalue weighted by molar-refractivity contribution is -0.147. The van der Waals surface area contributed by atoms with Crippen LogP contribution < -0.4 is 0 Å². The summed E-state index contributed by atoms with van der Waals surface area (Å²) in [6.07, 6.45) is 7.54. The molecule has 0 aliphatic rings. The molecule has 0 unspecified atom stereocenters. The fraction of sp³-hybridized carbons (Fsp3) is 0.464. The van der Waals surface area contributed by atoms with Crippen LogP contribution in [0, 0.1) is 17.6 Å². The molecule has 0 spiro atoms. The molecule has 0 saturated carbocycles. The van der Waals surface area contributed by atoms with Crippen molar-refractivity contribution in [3.8, 4) is 0 Å². The van der Waals surface area contributed by atoms with Gasteiger partial charge in [0.1, 0.15) is 6.61 Å². The normalized spacial score (nSPS) is 13.3. The minimum Gasteiger partial charge on any atom is -0.461 e. The van der Waals surface area contributed by atoms with Crippen LogP contribution in [0.25, 0.3) is 11.1 Å². The van der Waals surface area contributed by atoms with Crippen LogP contribution >= 0.6 is 0 Å². The molecular formula is C28H36F2O5S. The van der Waals surface area contributed by atoms with Crippen LogP contribution in [0.4, 0.5) is 8.78 Å². The maximum atomic E-state index is 14.0.